The maximum absolute atomic E-state index is 12.4. The van der Waals surface area contributed by atoms with Gasteiger partial charge in [0.05, 0.1) is 31.3 Å². The Bertz CT molecular complexity index is 1140. The van der Waals surface area contributed by atoms with E-state index < -0.39 is 5.97 Å². The first kappa shape index (κ1) is 20.7. The Balaban J connectivity index is 1.76. The number of nitrogens with two attached hydrogens (primary N) is 1. The number of hydrogen-bond donors (Lipinski definition) is 3. The van der Waals surface area contributed by atoms with Crippen LogP contribution >= 0.6 is 0 Å². The molecular formula is C24H26N4O3. The summed E-state index contributed by atoms with van der Waals surface area (Å²) in [6.45, 7) is -0.00997. The van der Waals surface area contributed by atoms with Crippen LogP contribution in [0.5, 0.6) is 0 Å². The zero-order valence-corrected chi connectivity index (χ0v) is 17.6. The number of hydrogen-bond acceptors (Lipinski definition) is 6. The highest BCUT2D eigenvalue weighted by Gasteiger charge is 2.45. The number of aliphatic hydroxyl groups is 1. The van der Waals surface area contributed by atoms with Crippen LogP contribution in [0.2, 0.25) is 0 Å². The molecule has 2 atom stereocenters. The molecule has 3 aromatic rings. The lowest BCUT2D eigenvalue weighted by atomic mass is 10.0. The number of ether oxygens (including phenoxy) is 1. The van der Waals surface area contributed by atoms with E-state index in [1.54, 1.807) is 12.4 Å². The van der Waals surface area contributed by atoms with E-state index in [1.165, 1.54) is 7.11 Å². The zero-order chi connectivity index (χ0) is 22.0. The van der Waals surface area contributed by atoms with Gasteiger partial charge in [-0.25, -0.2) is 9.48 Å². The van der Waals surface area contributed by atoms with Crippen molar-refractivity contribution in [3.8, 4) is 16.8 Å². The minimum absolute atomic E-state index is 0.00997. The Morgan fingerprint density at radius 1 is 1.29 bits per heavy atom. The molecular weight excluding hydrogens is 392 g/mol. The van der Waals surface area contributed by atoms with E-state index in [1.807, 2.05) is 60.3 Å². The summed E-state index contributed by atoms with van der Waals surface area (Å²) in [4.78, 5) is 12.4. The number of nitrogens with zero attached hydrogens (tertiary/aromatic N) is 2. The van der Waals surface area contributed by atoms with Crippen LogP contribution < -0.4 is 11.1 Å². The molecule has 1 aliphatic carbocycles. The number of methoxy groups -OCH3 is 1. The van der Waals surface area contributed by atoms with Crippen molar-refractivity contribution in [3.05, 3.63) is 83.4 Å². The summed E-state index contributed by atoms with van der Waals surface area (Å²) >= 11 is 0. The van der Waals surface area contributed by atoms with Crippen LogP contribution in [0.25, 0.3) is 16.8 Å². The third-order valence-electron chi connectivity index (χ3n) is 5.63. The van der Waals surface area contributed by atoms with Crippen LogP contribution in [0.4, 0.5) is 0 Å². The predicted octanol–water partition coefficient (Wildman–Crippen LogP) is 2.94. The molecule has 4 rings (SSSR count). The number of nitrogens with one attached hydrogen (secondary N) is 1. The van der Waals surface area contributed by atoms with Crippen LogP contribution in [0, 0.1) is 5.92 Å². The van der Waals surface area contributed by atoms with Gasteiger partial charge in [0.25, 0.3) is 0 Å². The molecule has 1 fully saturated rings. The van der Waals surface area contributed by atoms with Gasteiger partial charge >= 0.3 is 5.97 Å². The molecule has 0 bridgehead atoms. The molecule has 4 N–H and O–H groups in total. The summed E-state index contributed by atoms with van der Waals surface area (Å²) in [6.07, 6.45) is 4.20. The van der Waals surface area contributed by atoms with Crippen molar-refractivity contribution < 1.29 is 14.6 Å². The quantitative estimate of drug-likeness (QED) is 0.510. The predicted molar refractivity (Wildman–Crippen MR) is 118 cm³/mol. The first-order valence-corrected chi connectivity index (χ1v) is 10.2. The molecule has 0 aliphatic heterocycles. The summed E-state index contributed by atoms with van der Waals surface area (Å²) in [6, 6.07) is 15.7. The smallest absolute Gasteiger partial charge is 0.341 e. The van der Waals surface area contributed by atoms with Gasteiger partial charge in [0.1, 0.15) is 5.56 Å². The average molecular weight is 418 g/mol. The van der Waals surface area contributed by atoms with E-state index in [2.05, 4.69) is 10.4 Å². The Hall–Kier alpha value is -3.58. The van der Waals surface area contributed by atoms with Gasteiger partial charge in [-0.15, -0.1) is 0 Å². The lowest BCUT2D eigenvalue weighted by Gasteiger charge is -2.12. The summed E-state index contributed by atoms with van der Waals surface area (Å²) in [7, 11) is 3.18. The van der Waals surface area contributed by atoms with Gasteiger partial charge in [-0.3, -0.25) is 0 Å². The van der Waals surface area contributed by atoms with Crippen LogP contribution in [-0.4, -0.2) is 35.0 Å². The molecule has 7 heteroatoms. The zero-order valence-electron chi connectivity index (χ0n) is 17.6. The molecule has 0 radical (unpaired) electrons. The van der Waals surface area contributed by atoms with Crippen LogP contribution in [-0.2, 0) is 11.3 Å². The van der Waals surface area contributed by atoms with E-state index in [0.717, 1.165) is 40.2 Å². The molecule has 7 nitrogen and oxygen atoms in total. The second-order valence-electron chi connectivity index (χ2n) is 7.64. The van der Waals surface area contributed by atoms with Crippen LogP contribution in [0.3, 0.4) is 0 Å². The highest BCUT2D eigenvalue weighted by molar-refractivity contribution is 5.91. The van der Waals surface area contributed by atoms with Crippen molar-refractivity contribution in [2.75, 3.05) is 14.2 Å². The molecule has 1 saturated carbocycles. The number of aliphatic hydroxyl groups excluding tert-OH is 1. The van der Waals surface area contributed by atoms with E-state index in [4.69, 9.17) is 10.5 Å². The van der Waals surface area contributed by atoms with E-state index in [9.17, 15) is 9.90 Å². The second kappa shape index (κ2) is 8.65. The number of allylic oxidation sites excluding steroid dienone is 1. The van der Waals surface area contributed by atoms with Crippen molar-refractivity contribution in [1.29, 1.82) is 0 Å². The molecule has 1 aliphatic rings. The van der Waals surface area contributed by atoms with E-state index in [-0.39, 0.29) is 18.4 Å². The molecule has 0 saturated heterocycles. The number of carbonyl (C=O) groups excluding carboxylic acids is 1. The Morgan fingerprint density at radius 2 is 2.03 bits per heavy atom. The number of esters is 1. The summed E-state index contributed by atoms with van der Waals surface area (Å²) in [5.74, 6) is -0.173. The lowest BCUT2D eigenvalue weighted by Crippen LogP contribution is -2.11. The van der Waals surface area contributed by atoms with Crippen LogP contribution in [0.1, 0.15) is 34.0 Å². The van der Waals surface area contributed by atoms with Gasteiger partial charge in [-0.2, -0.15) is 5.10 Å². The first-order valence-electron chi connectivity index (χ1n) is 10.2. The highest BCUT2D eigenvalue weighted by Crippen LogP contribution is 2.51. The molecule has 2 aromatic carbocycles. The third kappa shape index (κ3) is 4.04. The first-order chi connectivity index (χ1) is 15.1. The largest absolute Gasteiger partial charge is 0.465 e. The Kier molecular flexibility index (Phi) is 5.77. The summed E-state index contributed by atoms with van der Waals surface area (Å²) < 4.78 is 6.80. The number of aromatic nitrogens is 2. The second-order valence-corrected chi connectivity index (χ2v) is 7.64. The van der Waals surface area contributed by atoms with Gasteiger partial charge in [-0.1, -0.05) is 30.3 Å². The monoisotopic (exact) mass is 418 g/mol. The topological polar surface area (TPSA) is 102 Å². The number of benzene rings is 2. The van der Waals surface area contributed by atoms with Crippen molar-refractivity contribution >= 4 is 5.97 Å². The van der Waals surface area contributed by atoms with Crippen molar-refractivity contribution in [3.63, 3.8) is 0 Å². The summed E-state index contributed by atoms with van der Waals surface area (Å²) in [5.41, 5.74) is 11.9. The Labute approximate surface area is 181 Å². The Morgan fingerprint density at radius 3 is 2.74 bits per heavy atom. The van der Waals surface area contributed by atoms with Gasteiger partial charge in [0.2, 0.25) is 0 Å². The molecule has 0 amide bonds. The van der Waals surface area contributed by atoms with Crippen molar-refractivity contribution in [2.45, 2.75) is 18.9 Å². The van der Waals surface area contributed by atoms with Crippen molar-refractivity contribution in [1.82, 2.24) is 15.1 Å². The van der Waals surface area contributed by atoms with Gasteiger partial charge < -0.3 is 20.9 Å². The maximum atomic E-state index is 12.4. The fraction of sp³-hybridized carbons (Fsp3) is 0.250. The molecule has 160 valence electrons. The maximum Gasteiger partial charge on any atom is 0.341 e. The molecule has 1 aromatic heterocycles. The number of rotatable bonds is 7. The van der Waals surface area contributed by atoms with Gasteiger partial charge in [-0.05, 0) is 41.3 Å². The fourth-order valence-electron chi connectivity index (χ4n) is 3.99. The van der Waals surface area contributed by atoms with Crippen molar-refractivity contribution in [2.24, 2.45) is 11.7 Å². The SMILES string of the molecule is CN/C=C(\N)C1C[C@H]1c1c(C(=O)OC)cnn1-c1cccc(-c2cccc(CO)c2)c1. The lowest BCUT2D eigenvalue weighted by molar-refractivity contribution is 0.0599. The van der Waals surface area contributed by atoms with E-state index in [0.29, 0.717) is 5.56 Å². The highest BCUT2D eigenvalue weighted by atomic mass is 16.5. The average Bonchev–Trinajstić information content (AvgIpc) is 3.48. The fourth-order valence-corrected chi connectivity index (χ4v) is 3.99. The van der Waals surface area contributed by atoms with E-state index >= 15 is 0 Å². The molecule has 1 unspecified atom stereocenters. The normalized spacial score (nSPS) is 18.0. The van der Waals surface area contributed by atoms with Crippen LogP contribution in [0.15, 0.2) is 66.6 Å². The molecule has 31 heavy (non-hydrogen) atoms. The molecule has 1 heterocycles. The third-order valence-corrected chi connectivity index (χ3v) is 5.63. The minimum Gasteiger partial charge on any atom is -0.465 e. The standard InChI is InChI=1S/C24H26N4O3/c1-26-13-22(25)19-11-20(19)23-21(24(30)31-2)12-27-28(23)18-8-4-7-17(10-18)16-6-3-5-15(9-16)14-29/h3-10,12-13,19-20,26,29H,11,14,25H2,1-2H3/b22-13-/t19?,20-/m1/s1. The molecule has 0 spiro atoms. The minimum atomic E-state index is -0.408. The van der Waals surface area contributed by atoms with Gasteiger partial charge in [0.15, 0.2) is 0 Å². The number of carbonyl (C=O) groups is 1. The van der Waals surface area contributed by atoms with Gasteiger partial charge in [0, 0.05) is 30.8 Å². The summed E-state index contributed by atoms with van der Waals surface area (Å²) in [5, 5.41) is 16.9.